The lowest BCUT2D eigenvalue weighted by atomic mass is 10.2. The highest BCUT2D eigenvalue weighted by molar-refractivity contribution is 5.80. The number of rotatable bonds is 5. The lowest BCUT2D eigenvalue weighted by Crippen LogP contribution is -2.39. The third-order valence-electron chi connectivity index (χ3n) is 1.60. The number of carbonyl (C=O) groups is 1. The summed E-state index contributed by atoms with van der Waals surface area (Å²) < 4.78 is 24.0. The van der Waals surface area contributed by atoms with Gasteiger partial charge in [0.2, 0.25) is 5.91 Å². The molecule has 1 amide bonds. The topological polar surface area (TPSA) is 64.3 Å². The summed E-state index contributed by atoms with van der Waals surface area (Å²) in [5.41, 5.74) is 0. The minimum absolute atomic E-state index is 0.171. The van der Waals surface area contributed by atoms with E-state index in [2.05, 4.69) is 0 Å². The summed E-state index contributed by atoms with van der Waals surface area (Å²) in [5.74, 6) is -1.64. The maximum absolute atomic E-state index is 12.0. The van der Waals surface area contributed by atoms with Crippen LogP contribution >= 0.6 is 0 Å². The lowest BCUT2D eigenvalue weighted by molar-refractivity contribution is -0.135. The summed E-state index contributed by atoms with van der Waals surface area (Å²) >= 11 is 0. The van der Waals surface area contributed by atoms with Gasteiger partial charge in [0.05, 0.1) is 19.2 Å². The van der Waals surface area contributed by atoms with Gasteiger partial charge in [-0.15, -0.1) is 0 Å². The molecule has 1 unspecified atom stereocenters. The van der Waals surface area contributed by atoms with E-state index in [4.69, 9.17) is 10.4 Å². The van der Waals surface area contributed by atoms with Gasteiger partial charge in [-0.3, -0.25) is 4.79 Å². The van der Waals surface area contributed by atoms with Crippen molar-refractivity contribution in [1.82, 2.24) is 4.90 Å². The number of hydrogen-bond acceptors (Lipinski definition) is 3. The Morgan fingerprint density at radius 3 is 2.57 bits per heavy atom. The first-order valence-electron chi connectivity index (χ1n) is 4.10. The van der Waals surface area contributed by atoms with Crippen LogP contribution < -0.4 is 0 Å². The van der Waals surface area contributed by atoms with E-state index in [1.807, 2.05) is 0 Å². The van der Waals surface area contributed by atoms with E-state index < -0.39 is 31.4 Å². The maximum Gasteiger partial charge on any atom is 0.255 e. The molecule has 0 heterocycles. The number of hydrogen-bond donors (Lipinski definition) is 1. The second kappa shape index (κ2) is 6.27. The van der Waals surface area contributed by atoms with Gasteiger partial charge in [-0.2, -0.15) is 5.26 Å². The van der Waals surface area contributed by atoms with E-state index in [0.717, 1.165) is 4.90 Å². The van der Waals surface area contributed by atoms with Crippen LogP contribution in [0.2, 0.25) is 0 Å². The summed E-state index contributed by atoms with van der Waals surface area (Å²) in [4.78, 5) is 12.0. The molecule has 0 aliphatic carbocycles. The van der Waals surface area contributed by atoms with Gasteiger partial charge in [0.1, 0.15) is 5.92 Å². The molecule has 0 aliphatic rings. The molecule has 0 rings (SSSR count). The molecule has 0 fully saturated rings. The summed E-state index contributed by atoms with van der Waals surface area (Å²) in [5, 5.41) is 16.9. The van der Waals surface area contributed by atoms with Gasteiger partial charge in [-0.1, -0.05) is 0 Å². The Hall–Kier alpha value is -1.22. The summed E-state index contributed by atoms with van der Waals surface area (Å²) in [7, 11) is 0. The molecule has 0 aromatic heterocycles. The molecule has 4 nitrogen and oxygen atoms in total. The summed E-state index contributed by atoms with van der Waals surface area (Å²) in [6, 6.07) is 1.66. The predicted molar refractivity (Wildman–Crippen MR) is 44.4 cm³/mol. The minimum Gasteiger partial charge on any atom is -0.395 e. The van der Waals surface area contributed by atoms with Gasteiger partial charge in [-0.05, 0) is 6.92 Å². The molecule has 80 valence electrons. The van der Waals surface area contributed by atoms with Crippen molar-refractivity contribution in [3.05, 3.63) is 0 Å². The Morgan fingerprint density at radius 2 is 2.21 bits per heavy atom. The molecule has 14 heavy (non-hydrogen) atoms. The van der Waals surface area contributed by atoms with Crippen molar-refractivity contribution < 1.29 is 18.7 Å². The number of aliphatic hydroxyl groups is 1. The van der Waals surface area contributed by atoms with Crippen LogP contribution in [-0.2, 0) is 4.79 Å². The first-order valence-corrected chi connectivity index (χ1v) is 4.10. The van der Waals surface area contributed by atoms with Crippen molar-refractivity contribution >= 4 is 5.91 Å². The molecule has 0 radical (unpaired) electrons. The smallest absolute Gasteiger partial charge is 0.255 e. The second-order valence-corrected chi connectivity index (χ2v) is 2.75. The molecular weight excluding hydrogens is 194 g/mol. The zero-order valence-corrected chi connectivity index (χ0v) is 7.78. The van der Waals surface area contributed by atoms with Crippen molar-refractivity contribution in [1.29, 1.82) is 5.26 Å². The number of aliphatic hydroxyl groups excluding tert-OH is 1. The first kappa shape index (κ1) is 12.8. The number of nitrogens with zero attached hydrogens (tertiary/aromatic N) is 2. The molecule has 1 atom stereocenters. The van der Waals surface area contributed by atoms with Gasteiger partial charge in [-0.25, -0.2) is 8.78 Å². The fourth-order valence-corrected chi connectivity index (χ4v) is 0.908. The summed E-state index contributed by atoms with van der Waals surface area (Å²) in [6.07, 6.45) is -2.66. The number of amides is 1. The van der Waals surface area contributed by atoms with Crippen molar-refractivity contribution in [2.24, 2.45) is 5.92 Å². The van der Waals surface area contributed by atoms with Gasteiger partial charge in [0, 0.05) is 6.54 Å². The lowest BCUT2D eigenvalue weighted by Gasteiger charge is -2.22. The number of nitriles is 1. The second-order valence-electron chi connectivity index (χ2n) is 2.75. The molecule has 0 spiro atoms. The van der Waals surface area contributed by atoms with Crippen LogP contribution in [0.5, 0.6) is 0 Å². The fraction of sp³-hybridized carbons (Fsp3) is 0.750. The molecule has 6 heteroatoms. The van der Waals surface area contributed by atoms with Crippen LogP contribution in [0.1, 0.15) is 6.92 Å². The standard InChI is InChI=1S/C8H12F2N2O2/c1-6(4-11)8(14)12(2-3-13)5-7(9)10/h6-7,13H,2-3,5H2,1H3. The Labute approximate surface area is 80.7 Å². The van der Waals surface area contributed by atoms with Crippen LogP contribution in [0.4, 0.5) is 8.78 Å². The molecule has 1 N–H and O–H groups in total. The van der Waals surface area contributed by atoms with Crippen LogP contribution in [0.25, 0.3) is 0 Å². The van der Waals surface area contributed by atoms with Crippen LogP contribution in [0.3, 0.4) is 0 Å². The average molecular weight is 206 g/mol. The first-order chi connectivity index (χ1) is 6.52. The molecule has 0 saturated heterocycles. The van der Waals surface area contributed by atoms with Crippen molar-refractivity contribution in [2.45, 2.75) is 13.3 Å². The van der Waals surface area contributed by atoms with Gasteiger partial charge in [0.25, 0.3) is 6.43 Å². The molecular formula is C8H12F2N2O2. The molecule has 0 aromatic carbocycles. The normalized spacial score (nSPS) is 12.3. The van der Waals surface area contributed by atoms with Crippen molar-refractivity contribution in [3.8, 4) is 6.07 Å². The van der Waals surface area contributed by atoms with Crippen LogP contribution in [0.15, 0.2) is 0 Å². The highest BCUT2D eigenvalue weighted by Gasteiger charge is 2.22. The third-order valence-corrected chi connectivity index (χ3v) is 1.60. The fourth-order valence-electron chi connectivity index (χ4n) is 0.908. The largest absolute Gasteiger partial charge is 0.395 e. The number of carbonyl (C=O) groups excluding carboxylic acids is 1. The Kier molecular flexibility index (Phi) is 5.72. The Morgan fingerprint density at radius 1 is 1.64 bits per heavy atom. The number of alkyl halides is 2. The molecule has 0 saturated carbocycles. The zero-order chi connectivity index (χ0) is 11.1. The van der Waals surface area contributed by atoms with E-state index in [1.165, 1.54) is 6.92 Å². The molecule has 0 bridgehead atoms. The SMILES string of the molecule is CC(C#N)C(=O)N(CCO)CC(F)F. The Balaban J connectivity index is 4.34. The predicted octanol–water partition coefficient (Wildman–Crippen LogP) is 0.232. The van der Waals surface area contributed by atoms with Crippen LogP contribution in [-0.4, -0.2) is 42.0 Å². The Bertz CT molecular complexity index is 228. The summed E-state index contributed by atoms with van der Waals surface area (Å²) in [6.45, 7) is 0.0232. The van der Waals surface area contributed by atoms with Gasteiger partial charge < -0.3 is 10.0 Å². The maximum atomic E-state index is 12.0. The van der Waals surface area contributed by atoms with Crippen LogP contribution in [0, 0.1) is 17.2 Å². The highest BCUT2D eigenvalue weighted by atomic mass is 19.3. The average Bonchev–Trinajstić information content (AvgIpc) is 2.14. The van der Waals surface area contributed by atoms with E-state index >= 15 is 0 Å². The van der Waals surface area contributed by atoms with Crippen molar-refractivity contribution in [2.75, 3.05) is 19.7 Å². The highest BCUT2D eigenvalue weighted by Crippen LogP contribution is 2.04. The molecule has 0 aliphatic heterocycles. The van der Waals surface area contributed by atoms with E-state index in [1.54, 1.807) is 6.07 Å². The van der Waals surface area contributed by atoms with Gasteiger partial charge >= 0.3 is 0 Å². The van der Waals surface area contributed by atoms with E-state index in [0.29, 0.717) is 0 Å². The number of halogens is 2. The third kappa shape index (κ3) is 4.14. The van der Waals surface area contributed by atoms with Crippen molar-refractivity contribution in [3.63, 3.8) is 0 Å². The quantitative estimate of drug-likeness (QED) is 0.700. The zero-order valence-electron chi connectivity index (χ0n) is 7.78. The monoisotopic (exact) mass is 206 g/mol. The van der Waals surface area contributed by atoms with E-state index in [-0.39, 0.29) is 6.54 Å². The molecule has 0 aromatic rings. The van der Waals surface area contributed by atoms with Gasteiger partial charge in [0.15, 0.2) is 0 Å². The van der Waals surface area contributed by atoms with E-state index in [9.17, 15) is 13.6 Å². The minimum atomic E-state index is -2.66.